The van der Waals surface area contributed by atoms with Crippen molar-refractivity contribution in [2.45, 2.75) is 13.1 Å². The van der Waals surface area contributed by atoms with Crippen LogP contribution in [0, 0.1) is 0 Å². The minimum atomic E-state index is -0.329. The van der Waals surface area contributed by atoms with Crippen molar-refractivity contribution >= 4 is 23.7 Å². The molecule has 1 saturated heterocycles. The maximum atomic E-state index is 13.1. The molecule has 0 aliphatic carbocycles. The standard InChI is InChI=1S/C20H24N4O2S/c21-22-19(25)18-8-6-17(7-9-18)15-24(14-16-4-2-1-3-5-16)20(26)23-10-12-27-13-11-23/h1-9H,10-15,21H2,(H,22,25). The van der Waals surface area contributed by atoms with Gasteiger partial charge in [0.1, 0.15) is 0 Å². The molecule has 0 bridgehead atoms. The van der Waals surface area contributed by atoms with E-state index in [0.29, 0.717) is 18.7 Å². The first kappa shape index (κ1) is 19.3. The van der Waals surface area contributed by atoms with E-state index in [2.05, 4.69) is 5.43 Å². The van der Waals surface area contributed by atoms with Crippen LogP contribution in [0.1, 0.15) is 21.5 Å². The van der Waals surface area contributed by atoms with Crippen LogP contribution >= 0.6 is 11.8 Å². The van der Waals surface area contributed by atoms with Crippen molar-refractivity contribution in [3.63, 3.8) is 0 Å². The summed E-state index contributed by atoms with van der Waals surface area (Å²) in [5, 5.41) is 0. The Morgan fingerprint density at radius 2 is 1.56 bits per heavy atom. The molecule has 0 unspecified atom stereocenters. The highest BCUT2D eigenvalue weighted by atomic mass is 32.2. The largest absolute Gasteiger partial charge is 0.323 e. The Bertz CT molecular complexity index is 761. The monoisotopic (exact) mass is 384 g/mol. The quantitative estimate of drug-likeness (QED) is 0.472. The summed E-state index contributed by atoms with van der Waals surface area (Å²) in [6, 6.07) is 17.2. The molecule has 0 spiro atoms. The summed E-state index contributed by atoms with van der Waals surface area (Å²) in [6.45, 7) is 2.60. The summed E-state index contributed by atoms with van der Waals surface area (Å²) in [5.41, 5.74) is 4.68. The average Bonchev–Trinajstić information content (AvgIpc) is 2.74. The molecule has 1 heterocycles. The van der Waals surface area contributed by atoms with Crippen molar-refractivity contribution in [2.75, 3.05) is 24.6 Å². The van der Waals surface area contributed by atoms with E-state index in [4.69, 9.17) is 5.84 Å². The molecule has 3 N–H and O–H groups in total. The van der Waals surface area contributed by atoms with Crippen LogP contribution in [0.4, 0.5) is 4.79 Å². The van der Waals surface area contributed by atoms with E-state index in [1.807, 2.05) is 64.0 Å². The third-order valence-corrected chi connectivity index (χ3v) is 5.43. The molecule has 7 heteroatoms. The Kier molecular flexibility index (Phi) is 6.73. The normalized spacial score (nSPS) is 13.9. The second kappa shape index (κ2) is 9.43. The van der Waals surface area contributed by atoms with Gasteiger partial charge in [0.15, 0.2) is 0 Å². The van der Waals surface area contributed by atoms with Gasteiger partial charge in [-0.05, 0) is 23.3 Å². The van der Waals surface area contributed by atoms with Gasteiger partial charge in [0, 0.05) is 43.2 Å². The van der Waals surface area contributed by atoms with Gasteiger partial charge in [0.2, 0.25) is 0 Å². The van der Waals surface area contributed by atoms with Gasteiger partial charge in [-0.25, -0.2) is 10.6 Å². The second-order valence-electron chi connectivity index (χ2n) is 6.39. The number of carbonyl (C=O) groups excluding carboxylic acids is 2. The predicted molar refractivity (Wildman–Crippen MR) is 108 cm³/mol. The van der Waals surface area contributed by atoms with Crippen LogP contribution in [0.5, 0.6) is 0 Å². The van der Waals surface area contributed by atoms with E-state index in [0.717, 1.165) is 35.7 Å². The molecule has 3 amide bonds. The van der Waals surface area contributed by atoms with Gasteiger partial charge in [-0.2, -0.15) is 11.8 Å². The Hall–Kier alpha value is -2.51. The number of nitrogens with one attached hydrogen (secondary N) is 1. The average molecular weight is 385 g/mol. The molecular formula is C20H24N4O2S. The van der Waals surface area contributed by atoms with Crippen LogP contribution < -0.4 is 11.3 Å². The number of hydrogen-bond donors (Lipinski definition) is 2. The van der Waals surface area contributed by atoms with Crippen LogP contribution in [0.3, 0.4) is 0 Å². The van der Waals surface area contributed by atoms with Gasteiger partial charge in [-0.15, -0.1) is 0 Å². The number of nitrogen functional groups attached to an aromatic ring is 1. The highest BCUT2D eigenvalue weighted by Gasteiger charge is 2.23. The fraction of sp³-hybridized carbons (Fsp3) is 0.300. The zero-order valence-corrected chi connectivity index (χ0v) is 16.0. The first-order valence-corrected chi connectivity index (χ1v) is 10.1. The Morgan fingerprint density at radius 3 is 2.15 bits per heavy atom. The highest BCUT2D eigenvalue weighted by molar-refractivity contribution is 7.99. The van der Waals surface area contributed by atoms with Crippen LogP contribution in [0.15, 0.2) is 54.6 Å². The van der Waals surface area contributed by atoms with Crippen LogP contribution in [0.25, 0.3) is 0 Å². The molecule has 0 radical (unpaired) electrons. The maximum Gasteiger partial charge on any atom is 0.320 e. The van der Waals surface area contributed by atoms with Crippen molar-refractivity contribution in [2.24, 2.45) is 5.84 Å². The van der Waals surface area contributed by atoms with E-state index in [9.17, 15) is 9.59 Å². The first-order chi connectivity index (χ1) is 13.2. The van der Waals surface area contributed by atoms with E-state index in [1.165, 1.54) is 0 Å². The lowest BCUT2D eigenvalue weighted by molar-refractivity contribution is 0.0953. The fourth-order valence-corrected chi connectivity index (χ4v) is 3.92. The Balaban J connectivity index is 1.76. The number of carbonyl (C=O) groups is 2. The molecule has 2 aromatic carbocycles. The van der Waals surface area contributed by atoms with Gasteiger partial charge in [-0.3, -0.25) is 10.2 Å². The van der Waals surface area contributed by atoms with Crippen molar-refractivity contribution < 1.29 is 9.59 Å². The maximum absolute atomic E-state index is 13.1. The lowest BCUT2D eigenvalue weighted by Gasteiger charge is -2.33. The smallest absolute Gasteiger partial charge is 0.320 e. The van der Waals surface area contributed by atoms with E-state index in [-0.39, 0.29) is 11.9 Å². The number of amides is 3. The van der Waals surface area contributed by atoms with Crippen molar-refractivity contribution in [1.29, 1.82) is 0 Å². The summed E-state index contributed by atoms with van der Waals surface area (Å²) in [7, 11) is 0. The molecule has 1 aliphatic heterocycles. The van der Waals surface area contributed by atoms with E-state index < -0.39 is 0 Å². The molecular weight excluding hydrogens is 360 g/mol. The molecule has 0 aromatic heterocycles. The molecule has 2 aromatic rings. The minimum Gasteiger partial charge on any atom is -0.323 e. The number of urea groups is 1. The summed E-state index contributed by atoms with van der Waals surface area (Å²) < 4.78 is 0. The molecule has 6 nitrogen and oxygen atoms in total. The number of thioether (sulfide) groups is 1. The highest BCUT2D eigenvalue weighted by Crippen LogP contribution is 2.17. The molecule has 1 aliphatic rings. The lowest BCUT2D eigenvalue weighted by atomic mass is 10.1. The molecule has 3 rings (SSSR count). The summed E-state index contributed by atoms with van der Waals surface area (Å²) >= 11 is 1.88. The van der Waals surface area contributed by atoms with Gasteiger partial charge in [0.25, 0.3) is 5.91 Å². The number of nitrogens with two attached hydrogens (primary N) is 1. The van der Waals surface area contributed by atoms with Crippen molar-refractivity contribution in [1.82, 2.24) is 15.2 Å². The van der Waals surface area contributed by atoms with Crippen LogP contribution in [0.2, 0.25) is 0 Å². The molecule has 0 saturated carbocycles. The van der Waals surface area contributed by atoms with Crippen LogP contribution in [-0.2, 0) is 13.1 Å². The van der Waals surface area contributed by atoms with E-state index in [1.54, 1.807) is 12.1 Å². The summed E-state index contributed by atoms with van der Waals surface area (Å²) in [6.07, 6.45) is 0. The predicted octanol–water partition coefficient (Wildman–Crippen LogP) is 2.46. The molecule has 1 fully saturated rings. The lowest BCUT2D eigenvalue weighted by Crippen LogP contribution is -2.46. The third-order valence-electron chi connectivity index (χ3n) is 4.49. The number of hydrogen-bond acceptors (Lipinski definition) is 4. The molecule has 0 atom stereocenters. The third kappa shape index (κ3) is 5.24. The number of benzene rings is 2. The summed E-state index contributed by atoms with van der Waals surface area (Å²) in [5.74, 6) is 6.80. The van der Waals surface area contributed by atoms with Gasteiger partial charge < -0.3 is 9.80 Å². The molecule has 27 heavy (non-hydrogen) atoms. The zero-order valence-electron chi connectivity index (χ0n) is 15.1. The zero-order chi connectivity index (χ0) is 19.1. The van der Waals surface area contributed by atoms with Crippen LogP contribution in [-0.4, -0.2) is 46.3 Å². The fourth-order valence-electron chi connectivity index (χ4n) is 3.01. The summed E-state index contributed by atoms with van der Waals surface area (Å²) in [4.78, 5) is 28.5. The number of nitrogens with zero attached hydrogens (tertiary/aromatic N) is 2. The number of rotatable bonds is 5. The Labute approximate surface area is 163 Å². The SMILES string of the molecule is NNC(=O)c1ccc(CN(Cc2ccccc2)C(=O)N2CCSCC2)cc1. The Morgan fingerprint density at radius 1 is 0.963 bits per heavy atom. The van der Waals surface area contributed by atoms with Gasteiger partial charge in [-0.1, -0.05) is 42.5 Å². The minimum absolute atomic E-state index is 0.0583. The van der Waals surface area contributed by atoms with Gasteiger partial charge >= 0.3 is 6.03 Å². The first-order valence-electron chi connectivity index (χ1n) is 8.93. The number of hydrazine groups is 1. The van der Waals surface area contributed by atoms with Gasteiger partial charge in [0.05, 0.1) is 0 Å². The molecule has 142 valence electrons. The van der Waals surface area contributed by atoms with Crippen molar-refractivity contribution in [3.05, 3.63) is 71.3 Å². The van der Waals surface area contributed by atoms with Crippen molar-refractivity contribution in [3.8, 4) is 0 Å². The second-order valence-corrected chi connectivity index (χ2v) is 7.62. The topological polar surface area (TPSA) is 78.7 Å². The van der Waals surface area contributed by atoms with E-state index >= 15 is 0 Å².